The predicted molar refractivity (Wildman–Crippen MR) is 55.7 cm³/mol. The third kappa shape index (κ3) is 3.55. The molecule has 0 aromatic carbocycles. The Kier molecular flexibility index (Phi) is 4.47. The number of hydrogen-bond acceptors (Lipinski definition) is 2. The largest absolute Gasteiger partial charge is 0.317 e. The van der Waals surface area contributed by atoms with Gasteiger partial charge in [0.2, 0.25) is 0 Å². The highest BCUT2D eigenvalue weighted by molar-refractivity contribution is 5.03. The molecule has 0 radical (unpaired) electrons. The standard InChI is InChI=1S/C11H18N2/c1-3-10(12-2)7-8-11-6-4-5-9-13-11/h4-6,9-10,12H,3,7-8H2,1-2H3. The van der Waals surface area contributed by atoms with Crippen molar-refractivity contribution in [3.05, 3.63) is 30.1 Å². The van der Waals surface area contributed by atoms with Crippen molar-refractivity contribution < 1.29 is 0 Å². The van der Waals surface area contributed by atoms with E-state index in [-0.39, 0.29) is 0 Å². The first-order valence-corrected chi connectivity index (χ1v) is 4.94. The second-order valence-electron chi connectivity index (χ2n) is 3.25. The van der Waals surface area contributed by atoms with Crippen molar-refractivity contribution in [1.29, 1.82) is 0 Å². The first-order chi connectivity index (χ1) is 6.36. The maximum atomic E-state index is 4.29. The second-order valence-corrected chi connectivity index (χ2v) is 3.25. The summed E-state index contributed by atoms with van der Waals surface area (Å²) in [6.45, 7) is 2.21. The van der Waals surface area contributed by atoms with Crippen LogP contribution in [0.25, 0.3) is 0 Å². The van der Waals surface area contributed by atoms with Gasteiger partial charge in [-0.2, -0.15) is 0 Å². The predicted octanol–water partition coefficient (Wildman–Crippen LogP) is 2.01. The molecule has 0 aliphatic heterocycles. The lowest BCUT2D eigenvalue weighted by Gasteiger charge is -2.12. The molecule has 1 atom stereocenters. The molecule has 1 aromatic heterocycles. The Balaban J connectivity index is 2.34. The van der Waals surface area contributed by atoms with Gasteiger partial charge in [0.1, 0.15) is 0 Å². The molecule has 1 rings (SSSR count). The molecule has 2 nitrogen and oxygen atoms in total. The molecule has 1 unspecified atom stereocenters. The van der Waals surface area contributed by atoms with Gasteiger partial charge >= 0.3 is 0 Å². The Bertz CT molecular complexity index is 217. The van der Waals surface area contributed by atoms with E-state index in [1.165, 1.54) is 18.5 Å². The van der Waals surface area contributed by atoms with Gasteiger partial charge in [-0.3, -0.25) is 4.98 Å². The summed E-state index contributed by atoms with van der Waals surface area (Å²) >= 11 is 0. The molecule has 1 heterocycles. The zero-order valence-electron chi connectivity index (χ0n) is 8.46. The Morgan fingerprint density at radius 1 is 1.46 bits per heavy atom. The molecule has 13 heavy (non-hydrogen) atoms. The van der Waals surface area contributed by atoms with E-state index in [4.69, 9.17) is 0 Å². The molecule has 1 N–H and O–H groups in total. The van der Waals surface area contributed by atoms with E-state index in [0.717, 1.165) is 6.42 Å². The second kappa shape index (κ2) is 5.70. The van der Waals surface area contributed by atoms with Crippen LogP contribution >= 0.6 is 0 Å². The minimum absolute atomic E-state index is 0.627. The van der Waals surface area contributed by atoms with E-state index in [9.17, 15) is 0 Å². The van der Waals surface area contributed by atoms with E-state index < -0.39 is 0 Å². The van der Waals surface area contributed by atoms with Crippen LogP contribution in [0.2, 0.25) is 0 Å². The number of rotatable bonds is 5. The molecule has 0 amide bonds. The summed E-state index contributed by atoms with van der Waals surface area (Å²) < 4.78 is 0. The minimum atomic E-state index is 0.627. The molecule has 72 valence electrons. The van der Waals surface area contributed by atoms with Gasteiger partial charge in [0, 0.05) is 17.9 Å². The van der Waals surface area contributed by atoms with Crippen molar-refractivity contribution in [2.24, 2.45) is 0 Å². The van der Waals surface area contributed by atoms with Crippen LogP contribution in [0, 0.1) is 0 Å². The molecular weight excluding hydrogens is 160 g/mol. The van der Waals surface area contributed by atoms with Crippen molar-refractivity contribution >= 4 is 0 Å². The molecule has 0 aliphatic rings. The van der Waals surface area contributed by atoms with Gasteiger partial charge in [0.25, 0.3) is 0 Å². The number of nitrogens with one attached hydrogen (secondary N) is 1. The minimum Gasteiger partial charge on any atom is -0.317 e. The lowest BCUT2D eigenvalue weighted by Crippen LogP contribution is -2.24. The van der Waals surface area contributed by atoms with Crippen LogP contribution in [0.3, 0.4) is 0 Å². The number of pyridine rings is 1. The highest BCUT2D eigenvalue weighted by Gasteiger charge is 2.02. The normalized spacial score (nSPS) is 12.8. The third-order valence-corrected chi connectivity index (χ3v) is 2.38. The van der Waals surface area contributed by atoms with Crippen LogP contribution in [0.1, 0.15) is 25.5 Å². The fourth-order valence-corrected chi connectivity index (χ4v) is 1.42. The van der Waals surface area contributed by atoms with Crippen molar-refractivity contribution in [2.45, 2.75) is 32.2 Å². The van der Waals surface area contributed by atoms with Crippen LogP contribution in [0.5, 0.6) is 0 Å². The summed E-state index contributed by atoms with van der Waals surface area (Å²) in [6.07, 6.45) is 5.28. The number of hydrogen-bond donors (Lipinski definition) is 1. The van der Waals surface area contributed by atoms with Gasteiger partial charge in [0.05, 0.1) is 0 Å². The van der Waals surface area contributed by atoms with E-state index in [1.54, 1.807) is 0 Å². The zero-order valence-corrected chi connectivity index (χ0v) is 8.46. The van der Waals surface area contributed by atoms with Gasteiger partial charge in [-0.05, 0) is 38.4 Å². The first kappa shape index (κ1) is 10.2. The highest BCUT2D eigenvalue weighted by atomic mass is 14.9. The van der Waals surface area contributed by atoms with Gasteiger partial charge in [0.15, 0.2) is 0 Å². The van der Waals surface area contributed by atoms with Crippen LogP contribution in [0.15, 0.2) is 24.4 Å². The average Bonchev–Trinajstić information content (AvgIpc) is 2.21. The summed E-state index contributed by atoms with van der Waals surface area (Å²) in [4.78, 5) is 4.29. The lowest BCUT2D eigenvalue weighted by atomic mass is 10.1. The smallest absolute Gasteiger partial charge is 0.0404 e. The maximum absolute atomic E-state index is 4.29. The number of aryl methyl sites for hydroxylation is 1. The summed E-state index contributed by atoms with van der Waals surface area (Å²) in [5, 5.41) is 3.29. The van der Waals surface area contributed by atoms with Crippen LogP contribution < -0.4 is 5.32 Å². The summed E-state index contributed by atoms with van der Waals surface area (Å²) in [6, 6.07) is 6.71. The highest BCUT2D eigenvalue weighted by Crippen LogP contribution is 2.03. The molecule has 0 saturated carbocycles. The SMILES string of the molecule is CCC(CCc1ccccn1)NC. The molecule has 1 aromatic rings. The van der Waals surface area contributed by atoms with E-state index in [2.05, 4.69) is 23.3 Å². The van der Waals surface area contributed by atoms with Crippen molar-refractivity contribution in [2.75, 3.05) is 7.05 Å². The van der Waals surface area contributed by atoms with E-state index in [1.807, 2.05) is 25.4 Å². The van der Waals surface area contributed by atoms with Crippen LogP contribution in [0.4, 0.5) is 0 Å². The number of aromatic nitrogens is 1. The maximum Gasteiger partial charge on any atom is 0.0404 e. The van der Waals surface area contributed by atoms with E-state index in [0.29, 0.717) is 6.04 Å². The zero-order chi connectivity index (χ0) is 9.52. The third-order valence-electron chi connectivity index (χ3n) is 2.38. The molecule has 0 saturated heterocycles. The first-order valence-electron chi connectivity index (χ1n) is 4.94. The van der Waals surface area contributed by atoms with Gasteiger partial charge in [-0.1, -0.05) is 13.0 Å². The fourth-order valence-electron chi connectivity index (χ4n) is 1.42. The van der Waals surface area contributed by atoms with Crippen molar-refractivity contribution in [1.82, 2.24) is 10.3 Å². The monoisotopic (exact) mass is 178 g/mol. The Labute approximate surface area is 80.4 Å². The molecule has 0 spiro atoms. The van der Waals surface area contributed by atoms with Crippen LogP contribution in [-0.4, -0.2) is 18.1 Å². The van der Waals surface area contributed by atoms with Gasteiger partial charge in [-0.15, -0.1) is 0 Å². The average molecular weight is 178 g/mol. The van der Waals surface area contributed by atoms with Gasteiger partial charge < -0.3 is 5.32 Å². The summed E-state index contributed by atoms with van der Waals surface area (Å²) in [7, 11) is 2.02. The van der Waals surface area contributed by atoms with E-state index >= 15 is 0 Å². The topological polar surface area (TPSA) is 24.9 Å². The number of nitrogens with zero attached hydrogens (tertiary/aromatic N) is 1. The quantitative estimate of drug-likeness (QED) is 0.746. The van der Waals surface area contributed by atoms with Gasteiger partial charge in [-0.25, -0.2) is 0 Å². The van der Waals surface area contributed by atoms with Crippen molar-refractivity contribution in [3.63, 3.8) is 0 Å². The molecule has 0 fully saturated rings. The Morgan fingerprint density at radius 2 is 2.31 bits per heavy atom. The van der Waals surface area contributed by atoms with Crippen LogP contribution in [-0.2, 0) is 6.42 Å². The molecule has 0 bridgehead atoms. The molecular formula is C11H18N2. The fraction of sp³-hybridized carbons (Fsp3) is 0.545. The van der Waals surface area contributed by atoms with Crippen molar-refractivity contribution in [3.8, 4) is 0 Å². The summed E-state index contributed by atoms with van der Waals surface area (Å²) in [5.74, 6) is 0. The Hall–Kier alpha value is -0.890. The Morgan fingerprint density at radius 3 is 2.85 bits per heavy atom. The molecule has 0 aliphatic carbocycles. The lowest BCUT2D eigenvalue weighted by molar-refractivity contribution is 0.506. The summed E-state index contributed by atoms with van der Waals surface area (Å²) in [5.41, 5.74) is 1.19. The molecule has 2 heteroatoms.